The van der Waals surface area contributed by atoms with E-state index < -0.39 is 17.5 Å². The lowest BCUT2D eigenvalue weighted by atomic mass is 10.2. The van der Waals surface area contributed by atoms with Crippen molar-refractivity contribution in [2.45, 2.75) is 46.6 Å². The van der Waals surface area contributed by atoms with Crippen molar-refractivity contribution in [2.75, 3.05) is 25.0 Å². The molecule has 0 atom stereocenters. The molecule has 0 saturated heterocycles. The van der Waals surface area contributed by atoms with Crippen molar-refractivity contribution in [2.24, 2.45) is 0 Å². The van der Waals surface area contributed by atoms with Gasteiger partial charge in [-0.15, -0.1) is 0 Å². The molecule has 152 valence electrons. The van der Waals surface area contributed by atoms with E-state index in [1.807, 2.05) is 13.8 Å². The molecule has 1 aromatic carbocycles. The maximum Gasteiger partial charge on any atom is 0.407 e. The van der Waals surface area contributed by atoms with Gasteiger partial charge in [0, 0.05) is 27.2 Å². The van der Waals surface area contributed by atoms with E-state index in [4.69, 9.17) is 16.3 Å². The van der Waals surface area contributed by atoms with Crippen LogP contribution in [0.1, 0.15) is 41.0 Å². The summed E-state index contributed by atoms with van der Waals surface area (Å²) in [6.07, 6.45) is 0.0940. The standard InChI is InChI=1S/C16H23ClFN3O3.C2H6.BH/c1-16(2,3)24-15(23)20-8-4-7-19-14(22)10-21-11-5-6-13(18)12(17)9-11;1-2;/h5-6,9,21H,4,7-8,10H2,1-3H3,(H,19,22)(H,20,23);1-2H3;1H. The number of hydrogen-bond donors (Lipinski definition) is 3. The predicted molar refractivity (Wildman–Crippen MR) is 110 cm³/mol. The van der Waals surface area contributed by atoms with Crippen LogP contribution < -0.4 is 16.0 Å². The van der Waals surface area contributed by atoms with Gasteiger partial charge in [0.2, 0.25) is 5.91 Å². The number of ether oxygens (including phenoxy) is 1. The van der Waals surface area contributed by atoms with E-state index in [-0.39, 0.29) is 25.9 Å². The van der Waals surface area contributed by atoms with Crippen LogP contribution in [0.3, 0.4) is 0 Å². The molecule has 1 aromatic rings. The van der Waals surface area contributed by atoms with Gasteiger partial charge in [0.05, 0.1) is 11.6 Å². The first-order valence-corrected chi connectivity index (χ1v) is 8.97. The summed E-state index contributed by atoms with van der Waals surface area (Å²) in [6.45, 7) is 10.2. The molecule has 6 nitrogen and oxygen atoms in total. The smallest absolute Gasteiger partial charge is 0.407 e. The van der Waals surface area contributed by atoms with Gasteiger partial charge in [-0.2, -0.15) is 0 Å². The highest BCUT2D eigenvalue weighted by atomic mass is 35.5. The molecular weight excluding hydrogens is 371 g/mol. The van der Waals surface area contributed by atoms with Crippen molar-refractivity contribution >= 4 is 37.7 Å². The molecule has 0 aliphatic heterocycles. The Morgan fingerprint density at radius 2 is 1.74 bits per heavy atom. The van der Waals surface area contributed by atoms with Gasteiger partial charge in [0.25, 0.3) is 0 Å². The molecule has 0 aliphatic carbocycles. The first-order chi connectivity index (χ1) is 12.2. The largest absolute Gasteiger partial charge is 0.444 e. The molecular formula is C18H30BClFN3O3. The number of carbonyl (C=O) groups is 2. The van der Waals surface area contributed by atoms with E-state index in [9.17, 15) is 14.0 Å². The van der Waals surface area contributed by atoms with Gasteiger partial charge in [-0.3, -0.25) is 4.79 Å². The average molecular weight is 402 g/mol. The Kier molecular flexibility index (Phi) is 14.3. The van der Waals surface area contributed by atoms with Crippen LogP contribution in [0.5, 0.6) is 0 Å². The molecule has 0 unspecified atom stereocenters. The highest BCUT2D eigenvalue weighted by Gasteiger charge is 2.15. The number of nitrogens with one attached hydrogen (secondary N) is 3. The highest BCUT2D eigenvalue weighted by molar-refractivity contribution is 6.31. The fraction of sp³-hybridized carbons (Fsp3) is 0.556. The fourth-order valence-corrected chi connectivity index (χ4v) is 1.85. The normalized spacial score (nSPS) is 9.89. The van der Waals surface area contributed by atoms with Crippen LogP contribution in [-0.4, -0.2) is 45.6 Å². The lowest BCUT2D eigenvalue weighted by Crippen LogP contribution is -2.35. The average Bonchev–Trinajstić information content (AvgIpc) is 2.56. The lowest BCUT2D eigenvalue weighted by Gasteiger charge is -2.19. The molecule has 0 saturated carbocycles. The van der Waals surface area contributed by atoms with Crippen LogP contribution in [0.25, 0.3) is 0 Å². The molecule has 0 bridgehead atoms. The number of rotatable bonds is 7. The number of hydrogen-bond acceptors (Lipinski definition) is 4. The van der Waals surface area contributed by atoms with Gasteiger partial charge in [-0.05, 0) is 45.4 Å². The first-order valence-electron chi connectivity index (χ1n) is 8.60. The van der Waals surface area contributed by atoms with E-state index in [1.54, 1.807) is 20.8 Å². The third-order valence-electron chi connectivity index (χ3n) is 2.72. The van der Waals surface area contributed by atoms with Crippen molar-refractivity contribution in [3.05, 3.63) is 29.0 Å². The molecule has 9 heteroatoms. The molecule has 2 amide bonds. The molecule has 0 spiro atoms. The maximum atomic E-state index is 13.0. The molecule has 3 N–H and O–H groups in total. The molecule has 2 radical (unpaired) electrons. The Morgan fingerprint density at radius 3 is 2.30 bits per heavy atom. The monoisotopic (exact) mass is 401 g/mol. The van der Waals surface area contributed by atoms with Crippen molar-refractivity contribution in [1.82, 2.24) is 10.6 Å². The zero-order valence-corrected chi connectivity index (χ0v) is 17.5. The number of alkyl carbamates (subject to hydrolysis) is 1. The maximum absolute atomic E-state index is 13.0. The molecule has 0 aliphatic rings. The first kappa shape index (κ1) is 27.3. The SMILES string of the molecule is CC.CC(C)(C)OC(=O)NCCCNC(=O)CNc1ccc(F)c(Cl)c1.[BH]. The van der Waals surface area contributed by atoms with Crippen LogP contribution >= 0.6 is 11.6 Å². The Morgan fingerprint density at radius 1 is 1.15 bits per heavy atom. The van der Waals surface area contributed by atoms with E-state index in [0.717, 1.165) is 0 Å². The van der Waals surface area contributed by atoms with Gasteiger partial charge in [-0.25, -0.2) is 9.18 Å². The zero-order valence-electron chi connectivity index (χ0n) is 16.7. The molecule has 1 rings (SSSR count). The molecule has 0 fully saturated rings. The van der Waals surface area contributed by atoms with Crippen molar-refractivity contribution in [3.8, 4) is 0 Å². The van der Waals surface area contributed by atoms with Crippen LogP contribution in [0.4, 0.5) is 14.9 Å². The molecule has 0 heterocycles. The zero-order chi connectivity index (χ0) is 20.2. The summed E-state index contributed by atoms with van der Waals surface area (Å²) in [4.78, 5) is 23.1. The third-order valence-corrected chi connectivity index (χ3v) is 3.01. The van der Waals surface area contributed by atoms with E-state index in [0.29, 0.717) is 25.2 Å². The van der Waals surface area contributed by atoms with Crippen LogP contribution in [0.15, 0.2) is 18.2 Å². The van der Waals surface area contributed by atoms with Crippen molar-refractivity contribution in [3.63, 3.8) is 0 Å². The Bertz CT molecular complexity index is 583. The van der Waals surface area contributed by atoms with Gasteiger partial charge in [0.1, 0.15) is 11.4 Å². The summed E-state index contributed by atoms with van der Waals surface area (Å²) < 4.78 is 18.1. The van der Waals surface area contributed by atoms with Crippen molar-refractivity contribution < 1.29 is 18.7 Å². The topological polar surface area (TPSA) is 79.5 Å². The van der Waals surface area contributed by atoms with Crippen LogP contribution in [0, 0.1) is 5.82 Å². The lowest BCUT2D eigenvalue weighted by molar-refractivity contribution is -0.119. The molecule has 0 aromatic heterocycles. The predicted octanol–water partition coefficient (Wildman–Crippen LogP) is 3.30. The second-order valence-electron chi connectivity index (χ2n) is 6.11. The summed E-state index contributed by atoms with van der Waals surface area (Å²) in [5.74, 6) is -0.725. The second-order valence-corrected chi connectivity index (χ2v) is 6.52. The van der Waals surface area contributed by atoms with E-state index in [2.05, 4.69) is 16.0 Å². The summed E-state index contributed by atoms with van der Waals surface area (Å²) in [7, 11) is 0. The number of anilines is 1. The van der Waals surface area contributed by atoms with E-state index >= 15 is 0 Å². The second kappa shape index (κ2) is 14.1. The Labute approximate surface area is 168 Å². The van der Waals surface area contributed by atoms with Crippen molar-refractivity contribution in [1.29, 1.82) is 0 Å². The van der Waals surface area contributed by atoms with Gasteiger partial charge < -0.3 is 20.7 Å². The number of amides is 2. The summed E-state index contributed by atoms with van der Waals surface area (Å²) in [5, 5.41) is 8.14. The summed E-state index contributed by atoms with van der Waals surface area (Å²) >= 11 is 5.65. The Balaban J connectivity index is 0. The minimum absolute atomic E-state index is 0. The van der Waals surface area contributed by atoms with Crippen LogP contribution in [0.2, 0.25) is 5.02 Å². The van der Waals surface area contributed by atoms with E-state index in [1.165, 1.54) is 18.2 Å². The minimum atomic E-state index is -0.535. The van der Waals surface area contributed by atoms with Crippen LogP contribution in [-0.2, 0) is 9.53 Å². The number of halogens is 2. The Hall–Kier alpha value is -1.96. The summed E-state index contributed by atoms with van der Waals surface area (Å²) in [5.41, 5.74) is 0.0240. The van der Waals surface area contributed by atoms with Gasteiger partial charge in [-0.1, -0.05) is 25.4 Å². The fourth-order valence-electron chi connectivity index (χ4n) is 1.67. The quantitative estimate of drug-likeness (QED) is 0.484. The number of benzene rings is 1. The minimum Gasteiger partial charge on any atom is -0.444 e. The number of carbonyl (C=O) groups excluding carboxylic acids is 2. The van der Waals surface area contributed by atoms with Gasteiger partial charge in [0.15, 0.2) is 0 Å². The molecule has 27 heavy (non-hydrogen) atoms. The van der Waals surface area contributed by atoms with Gasteiger partial charge >= 0.3 is 6.09 Å². The third kappa shape index (κ3) is 13.9. The summed E-state index contributed by atoms with van der Waals surface area (Å²) in [6, 6.07) is 4.14. The highest BCUT2D eigenvalue weighted by Crippen LogP contribution is 2.18.